The monoisotopic (exact) mass is 426 g/mol. The lowest BCUT2D eigenvalue weighted by atomic mass is 10.1. The number of hydrogen-bond donors (Lipinski definition) is 1. The van der Waals surface area contributed by atoms with Crippen LogP contribution in [0.3, 0.4) is 0 Å². The topological polar surface area (TPSA) is 55.9 Å². The summed E-state index contributed by atoms with van der Waals surface area (Å²) in [7, 11) is 0. The molecule has 31 heavy (non-hydrogen) atoms. The molecule has 3 amide bonds. The van der Waals surface area contributed by atoms with Crippen molar-refractivity contribution in [3.63, 3.8) is 0 Å². The van der Waals surface area contributed by atoms with Gasteiger partial charge in [0.2, 0.25) is 0 Å². The maximum absolute atomic E-state index is 13.3. The van der Waals surface area contributed by atoms with E-state index in [2.05, 4.69) is 10.2 Å². The maximum Gasteiger partial charge on any atom is 0.317 e. The van der Waals surface area contributed by atoms with Crippen molar-refractivity contribution in [2.75, 3.05) is 45.8 Å². The second-order valence-electron chi connectivity index (χ2n) is 7.88. The number of carbonyl (C=O) groups is 2. The molecule has 1 aliphatic rings. The van der Waals surface area contributed by atoms with Crippen LogP contribution < -0.4 is 5.32 Å². The highest BCUT2D eigenvalue weighted by Crippen LogP contribution is 2.13. The Morgan fingerprint density at radius 1 is 1.00 bits per heavy atom. The molecule has 0 spiro atoms. The second-order valence-corrected chi connectivity index (χ2v) is 7.88. The van der Waals surface area contributed by atoms with Crippen molar-refractivity contribution in [3.05, 3.63) is 71.0 Å². The van der Waals surface area contributed by atoms with Crippen LogP contribution in [-0.2, 0) is 6.54 Å². The van der Waals surface area contributed by atoms with E-state index >= 15 is 0 Å². The van der Waals surface area contributed by atoms with Gasteiger partial charge < -0.3 is 15.1 Å². The number of piperazine rings is 1. The molecular formula is C24H31FN4O2. The molecule has 2 aromatic rings. The summed E-state index contributed by atoms with van der Waals surface area (Å²) < 4.78 is 13.3. The molecule has 1 fully saturated rings. The highest BCUT2D eigenvalue weighted by Gasteiger charge is 2.22. The van der Waals surface area contributed by atoms with Gasteiger partial charge in [-0.2, -0.15) is 0 Å². The summed E-state index contributed by atoms with van der Waals surface area (Å²) >= 11 is 0. The van der Waals surface area contributed by atoms with Gasteiger partial charge in [0.1, 0.15) is 5.82 Å². The lowest BCUT2D eigenvalue weighted by molar-refractivity contribution is 0.0703. The van der Waals surface area contributed by atoms with Crippen LogP contribution in [0.1, 0.15) is 28.4 Å². The van der Waals surface area contributed by atoms with Crippen LogP contribution in [-0.4, -0.2) is 72.5 Å². The van der Waals surface area contributed by atoms with Crippen molar-refractivity contribution in [1.29, 1.82) is 0 Å². The van der Waals surface area contributed by atoms with Crippen molar-refractivity contribution in [1.82, 2.24) is 20.0 Å². The zero-order valence-corrected chi connectivity index (χ0v) is 18.3. The van der Waals surface area contributed by atoms with Gasteiger partial charge in [-0.15, -0.1) is 0 Å². The van der Waals surface area contributed by atoms with Gasteiger partial charge >= 0.3 is 6.03 Å². The number of amides is 3. The summed E-state index contributed by atoms with van der Waals surface area (Å²) in [5.74, 6) is -0.324. The quantitative estimate of drug-likeness (QED) is 0.740. The van der Waals surface area contributed by atoms with Crippen LogP contribution in [0.25, 0.3) is 0 Å². The van der Waals surface area contributed by atoms with Crippen molar-refractivity contribution < 1.29 is 14.0 Å². The van der Waals surface area contributed by atoms with Crippen molar-refractivity contribution in [3.8, 4) is 0 Å². The Labute approximate surface area is 183 Å². The van der Waals surface area contributed by atoms with Crippen LogP contribution >= 0.6 is 0 Å². The molecule has 0 atom stereocenters. The number of benzene rings is 2. The van der Waals surface area contributed by atoms with Crippen LogP contribution in [0, 0.1) is 12.7 Å². The predicted octanol–water partition coefficient (Wildman–Crippen LogP) is 3.12. The zero-order chi connectivity index (χ0) is 22.2. The van der Waals surface area contributed by atoms with E-state index in [1.54, 1.807) is 12.1 Å². The molecule has 2 aromatic carbocycles. The molecule has 0 bridgehead atoms. The summed E-state index contributed by atoms with van der Waals surface area (Å²) in [6.45, 7) is 9.14. The first-order chi connectivity index (χ1) is 15.0. The molecule has 1 saturated heterocycles. The van der Waals surface area contributed by atoms with Crippen molar-refractivity contribution in [2.24, 2.45) is 0 Å². The molecule has 6 nitrogen and oxygen atoms in total. The van der Waals surface area contributed by atoms with Gasteiger partial charge in [0, 0.05) is 57.9 Å². The number of urea groups is 1. The highest BCUT2D eigenvalue weighted by atomic mass is 19.1. The third-order valence-electron chi connectivity index (χ3n) is 5.55. The number of nitrogens with one attached hydrogen (secondary N) is 1. The number of aryl methyl sites for hydroxylation is 1. The fourth-order valence-corrected chi connectivity index (χ4v) is 3.64. The average Bonchev–Trinajstić information content (AvgIpc) is 2.78. The van der Waals surface area contributed by atoms with E-state index in [-0.39, 0.29) is 17.8 Å². The predicted molar refractivity (Wildman–Crippen MR) is 119 cm³/mol. The summed E-state index contributed by atoms with van der Waals surface area (Å²) in [5.41, 5.74) is 2.64. The molecule has 0 radical (unpaired) electrons. The largest absolute Gasteiger partial charge is 0.338 e. The van der Waals surface area contributed by atoms with E-state index < -0.39 is 0 Å². The Hall–Kier alpha value is -2.93. The first kappa shape index (κ1) is 22.7. The van der Waals surface area contributed by atoms with E-state index in [0.29, 0.717) is 38.3 Å². The Kier molecular flexibility index (Phi) is 8.00. The third-order valence-corrected chi connectivity index (χ3v) is 5.55. The number of halogens is 1. The van der Waals surface area contributed by atoms with Crippen LogP contribution in [0.5, 0.6) is 0 Å². The van der Waals surface area contributed by atoms with Crippen LogP contribution in [0.2, 0.25) is 0 Å². The van der Waals surface area contributed by atoms with Gasteiger partial charge in [-0.1, -0.05) is 29.8 Å². The van der Waals surface area contributed by atoms with E-state index in [0.717, 1.165) is 30.8 Å². The molecule has 0 saturated carbocycles. The smallest absolute Gasteiger partial charge is 0.317 e. The van der Waals surface area contributed by atoms with Crippen molar-refractivity contribution >= 4 is 11.9 Å². The van der Waals surface area contributed by atoms with Crippen molar-refractivity contribution in [2.45, 2.75) is 20.4 Å². The van der Waals surface area contributed by atoms with E-state index in [1.807, 2.05) is 47.9 Å². The minimum absolute atomic E-state index is 0.0189. The number of hydrogen-bond acceptors (Lipinski definition) is 3. The molecule has 1 aliphatic heterocycles. The standard InChI is InChI=1S/C24H31FN4O2/c1-3-26-24(31)28-15-12-27(13-16-28)14-17-29(18-20-6-10-22(25)11-7-20)23(30)21-8-4-19(2)5-9-21/h4-11H,3,12-18H2,1-2H3,(H,26,31). The third kappa shape index (κ3) is 6.52. The fraction of sp³-hybridized carbons (Fsp3) is 0.417. The first-order valence-corrected chi connectivity index (χ1v) is 10.8. The molecule has 1 N–H and O–H groups in total. The lowest BCUT2D eigenvalue weighted by Gasteiger charge is -2.35. The van der Waals surface area contributed by atoms with Gasteiger partial charge in [-0.3, -0.25) is 9.69 Å². The Morgan fingerprint density at radius 2 is 1.65 bits per heavy atom. The summed E-state index contributed by atoms with van der Waals surface area (Å²) in [6.07, 6.45) is 0. The summed E-state index contributed by atoms with van der Waals surface area (Å²) in [6, 6.07) is 13.8. The van der Waals surface area contributed by atoms with Gasteiger partial charge in [0.25, 0.3) is 5.91 Å². The molecule has 0 aliphatic carbocycles. The molecule has 1 heterocycles. The second kappa shape index (κ2) is 10.9. The molecule has 7 heteroatoms. The van der Waals surface area contributed by atoms with Crippen LogP contribution in [0.4, 0.5) is 9.18 Å². The van der Waals surface area contributed by atoms with Gasteiger partial charge in [0.05, 0.1) is 0 Å². The van der Waals surface area contributed by atoms with Gasteiger partial charge in [-0.25, -0.2) is 9.18 Å². The van der Waals surface area contributed by atoms with Gasteiger partial charge in [0.15, 0.2) is 0 Å². The Morgan fingerprint density at radius 3 is 2.26 bits per heavy atom. The summed E-state index contributed by atoms with van der Waals surface area (Å²) in [4.78, 5) is 31.1. The fourth-order valence-electron chi connectivity index (χ4n) is 3.64. The summed E-state index contributed by atoms with van der Waals surface area (Å²) in [5, 5.41) is 2.84. The molecule has 0 aromatic heterocycles. The molecule has 166 valence electrons. The average molecular weight is 427 g/mol. The molecular weight excluding hydrogens is 395 g/mol. The Balaban J connectivity index is 1.62. The van der Waals surface area contributed by atoms with Gasteiger partial charge in [-0.05, 0) is 43.7 Å². The normalized spacial score (nSPS) is 14.4. The maximum atomic E-state index is 13.3. The molecule has 3 rings (SSSR count). The molecule has 0 unspecified atom stereocenters. The number of rotatable bonds is 7. The lowest BCUT2D eigenvalue weighted by Crippen LogP contribution is -2.53. The van der Waals surface area contributed by atoms with Crippen LogP contribution in [0.15, 0.2) is 48.5 Å². The zero-order valence-electron chi connectivity index (χ0n) is 18.3. The Bertz CT molecular complexity index is 862. The first-order valence-electron chi connectivity index (χ1n) is 10.8. The minimum atomic E-state index is -0.287. The number of carbonyl (C=O) groups excluding carboxylic acids is 2. The number of nitrogens with zero attached hydrogens (tertiary/aromatic N) is 3. The SMILES string of the molecule is CCNC(=O)N1CCN(CCN(Cc2ccc(F)cc2)C(=O)c2ccc(C)cc2)CC1. The minimum Gasteiger partial charge on any atom is -0.338 e. The van der Waals surface area contributed by atoms with E-state index in [4.69, 9.17) is 0 Å². The highest BCUT2D eigenvalue weighted by molar-refractivity contribution is 5.94. The van der Waals surface area contributed by atoms with E-state index in [9.17, 15) is 14.0 Å². The van der Waals surface area contributed by atoms with E-state index in [1.165, 1.54) is 12.1 Å².